The van der Waals surface area contributed by atoms with Crippen molar-refractivity contribution in [1.29, 1.82) is 0 Å². The van der Waals surface area contributed by atoms with Crippen molar-refractivity contribution in [3.05, 3.63) is 87.6 Å². The Morgan fingerprint density at radius 1 is 1.15 bits per heavy atom. The van der Waals surface area contributed by atoms with Gasteiger partial charge in [-0.05, 0) is 79.1 Å². The van der Waals surface area contributed by atoms with Gasteiger partial charge in [-0.3, -0.25) is 9.47 Å². The molecule has 3 heterocycles. The molecule has 0 aliphatic carbocycles. The van der Waals surface area contributed by atoms with Crippen molar-refractivity contribution in [2.24, 2.45) is 0 Å². The normalized spacial score (nSPS) is 20.2. The van der Waals surface area contributed by atoms with Gasteiger partial charge in [-0.15, -0.1) is 0 Å². The van der Waals surface area contributed by atoms with Gasteiger partial charge in [0.1, 0.15) is 18.6 Å². The Bertz CT molecular complexity index is 1300. The minimum Gasteiger partial charge on any atom is -0.489 e. The monoisotopic (exact) mass is 542 g/mol. The molecule has 0 bridgehead atoms. The van der Waals surface area contributed by atoms with Crippen LogP contribution in [0.25, 0.3) is 6.08 Å². The highest BCUT2D eigenvalue weighted by Gasteiger charge is 2.41. The molecule has 2 aromatic carbocycles. The second-order valence-electron chi connectivity index (χ2n) is 10.3. The van der Waals surface area contributed by atoms with Gasteiger partial charge >= 0.3 is 18.0 Å². The molecule has 1 aromatic heterocycles. The molecule has 2 aliphatic heterocycles. The number of aromatic nitrogens is 2. The van der Waals surface area contributed by atoms with Crippen LogP contribution in [0, 0.1) is 10.1 Å². The number of halogens is 3. The number of hydrogen-bond acceptors (Lipinski definition) is 6. The first kappa shape index (κ1) is 26.7. The molecule has 0 spiro atoms. The van der Waals surface area contributed by atoms with Gasteiger partial charge in [-0.25, -0.2) is 0 Å². The molecule has 11 heteroatoms. The summed E-state index contributed by atoms with van der Waals surface area (Å²) in [4.78, 5) is 16.6. The van der Waals surface area contributed by atoms with Crippen LogP contribution in [0.15, 0.2) is 60.8 Å². The summed E-state index contributed by atoms with van der Waals surface area (Å²) in [6, 6.07) is 13.5. The Morgan fingerprint density at radius 3 is 2.46 bits per heavy atom. The fourth-order valence-corrected chi connectivity index (χ4v) is 5.00. The van der Waals surface area contributed by atoms with Crippen LogP contribution >= 0.6 is 0 Å². The zero-order valence-corrected chi connectivity index (χ0v) is 21.4. The zero-order chi connectivity index (χ0) is 27.6. The van der Waals surface area contributed by atoms with Gasteiger partial charge < -0.3 is 19.6 Å². The standard InChI is InChI=1S/C28H29F3N4O4/c1-27(18-34-17-25(35(36)37)32-26(34)39-27)19-38-24-10-6-21(7-11-24)22-12-15-33(16-13-22)14-2-3-20-4-8-23(9-5-20)28(29,30)31/h2-11,17,22H,12-16,18-19H2,1H3/t27-/m1/s1. The zero-order valence-electron chi connectivity index (χ0n) is 21.4. The van der Waals surface area contributed by atoms with Crippen molar-refractivity contribution >= 4 is 11.9 Å². The third kappa shape index (κ3) is 6.42. The number of alkyl halides is 3. The second kappa shape index (κ2) is 10.7. The van der Waals surface area contributed by atoms with E-state index in [4.69, 9.17) is 9.47 Å². The summed E-state index contributed by atoms with van der Waals surface area (Å²) in [6.07, 6.45) is 2.97. The number of rotatable bonds is 8. The van der Waals surface area contributed by atoms with Crippen molar-refractivity contribution < 1.29 is 27.6 Å². The van der Waals surface area contributed by atoms with Crippen LogP contribution in [-0.2, 0) is 12.7 Å². The van der Waals surface area contributed by atoms with Crippen LogP contribution in [0.1, 0.15) is 42.4 Å². The molecule has 1 fully saturated rings. The molecule has 39 heavy (non-hydrogen) atoms. The SMILES string of the molecule is C[C@]1(COc2ccc(C3CCN(CC=Cc4ccc(C(F)(F)F)cc4)CC3)cc2)Cn2cc([N+](=O)[O-])nc2O1. The minimum atomic E-state index is -4.32. The molecule has 1 saturated heterocycles. The highest BCUT2D eigenvalue weighted by atomic mass is 19.4. The van der Waals surface area contributed by atoms with Crippen LogP contribution in [0.2, 0.25) is 0 Å². The first-order valence-electron chi connectivity index (χ1n) is 12.8. The maximum Gasteiger partial charge on any atom is 0.416 e. The number of benzene rings is 2. The predicted octanol–water partition coefficient (Wildman–Crippen LogP) is 5.93. The third-order valence-electron chi connectivity index (χ3n) is 7.15. The number of piperidine rings is 1. The van der Waals surface area contributed by atoms with Gasteiger partial charge in [-0.1, -0.05) is 36.4 Å². The van der Waals surface area contributed by atoms with Gasteiger partial charge in [-0.2, -0.15) is 13.2 Å². The van der Waals surface area contributed by atoms with E-state index in [1.807, 2.05) is 31.2 Å². The predicted molar refractivity (Wildman–Crippen MR) is 139 cm³/mol. The Hall–Kier alpha value is -3.86. The molecule has 5 rings (SSSR count). The fourth-order valence-electron chi connectivity index (χ4n) is 5.00. The van der Waals surface area contributed by atoms with Gasteiger partial charge in [0.15, 0.2) is 5.60 Å². The van der Waals surface area contributed by atoms with E-state index in [0.29, 0.717) is 12.5 Å². The third-order valence-corrected chi connectivity index (χ3v) is 7.15. The van der Waals surface area contributed by atoms with Crippen LogP contribution in [0.3, 0.4) is 0 Å². The van der Waals surface area contributed by atoms with E-state index < -0.39 is 22.3 Å². The number of imidazole rings is 1. The largest absolute Gasteiger partial charge is 0.489 e. The Kier molecular flexibility index (Phi) is 7.35. The highest BCUT2D eigenvalue weighted by molar-refractivity contribution is 5.50. The molecular formula is C28H29F3N4O4. The molecule has 206 valence electrons. The molecule has 0 saturated carbocycles. The molecular weight excluding hydrogens is 513 g/mol. The van der Waals surface area contributed by atoms with E-state index in [0.717, 1.165) is 55.9 Å². The molecule has 0 amide bonds. The topological polar surface area (TPSA) is 82.7 Å². The van der Waals surface area contributed by atoms with Crippen molar-refractivity contribution in [1.82, 2.24) is 14.5 Å². The molecule has 0 radical (unpaired) electrons. The number of nitrogens with zero attached hydrogens (tertiary/aromatic N) is 4. The summed E-state index contributed by atoms with van der Waals surface area (Å²) in [5.74, 6) is 0.951. The van der Waals surface area contributed by atoms with Crippen LogP contribution < -0.4 is 9.47 Å². The average molecular weight is 543 g/mol. The van der Waals surface area contributed by atoms with E-state index in [1.54, 1.807) is 4.57 Å². The van der Waals surface area contributed by atoms with Gasteiger partial charge in [0, 0.05) is 11.5 Å². The lowest BCUT2D eigenvalue weighted by Gasteiger charge is -2.31. The first-order chi connectivity index (χ1) is 18.6. The minimum absolute atomic E-state index is 0.226. The number of nitro groups is 1. The summed E-state index contributed by atoms with van der Waals surface area (Å²) >= 11 is 0. The van der Waals surface area contributed by atoms with E-state index in [9.17, 15) is 23.3 Å². The Morgan fingerprint density at radius 2 is 1.85 bits per heavy atom. The van der Waals surface area contributed by atoms with Gasteiger partial charge in [0.05, 0.1) is 12.1 Å². The maximum atomic E-state index is 12.7. The molecule has 2 aliphatic rings. The highest BCUT2D eigenvalue weighted by Crippen LogP contribution is 2.33. The quantitative estimate of drug-likeness (QED) is 0.259. The number of ether oxygens (including phenoxy) is 2. The lowest BCUT2D eigenvalue weighted by molar-refractivity contribution is -0.389. The summed E-state index contributed by atoms with van der Waals surface area (Å²) < 4.78 is 51.5. The number of likely N-dealkylation sites (tertiary alicyclic amines) is 1. The second-order valence-corrected chi connectivity index (χ2v) is 10.3. The van der Waals surface area contributed by atoms with Crippen LogP contribution in [0.4, 0.5) is 19.0 Å². The van der Waals surface area contributed by atoms with Gasteiger partial charge in [0.25, 0.3) is 0 Å². The van der Waals surface area contributed by atoms with E-state index in [2.05, 4.69) is 22.0 Å². The number of hydrogen-bond donors (Lipinski definition) is 0. The summed E-state index contributed by atoms with van der Waals surface area (Å²) in [5, 5.41) is 10.9. The summed E-state index contributed by atoms with van der Waals surface area (Å²) in [5.41, 5.74) is 0.716. The van der Waals surface area contributed by atoms with E-state index in [1.165, 1.54) is 23.9 Å². The van der Waals surface area contributed by atoms with E-state index >= 15 is 0 Å². The molecule has 0 unspecified atom stereocenters. The summed E-state index contributed by atoms with van der Waals surface area (Å²) in [6.45, 7) is 5.23. The van der Waals surface area contributed by atoms with Crippen molar-refractivity contribution in [3.8, 4) is 11.8 Å². The average Bonchev–Trinajstić information content (AvgIpc) is 3.44. The lowest BCUT2D eigenvalue weighted by atomic mass is 9.89. The Balaban J connectivity index is 1.05. The molecule has 8 nitrogen and oxygen atoms in total. The smallest absolute Gasteiger partial charge is 0.416 e. The molecule has 3 aromatic rings. The number of fused-ring (bicyclic) bond motifs is 1. The van der Waals surface area contributed by atoms with Crippen molar-refractivity contribution in [2.75, 3.05) is 26.2 Å². The summed E-state index contributed by atoms with van der Waals surface area (Å²) in [7, 11) is 0. The molecule has 0 N–H and O–H groups in total. The Labute approximate surface area is 223 Å². The van der Waals surface area contributed by atoms with Crippen molar-refractivity contribution in [2.45, 2.75) is 44.0 Å². The first-order valence-corrected chi connectivity index (χ1v) is 12.8. The van der Waals surface area contributed by atoms with E-state index in [-0.39, 0.29) is 18.4 Å². The van der Waals surface area contributed by atoms with Gasteiger partial charge in [0.2, 0.25) is 0 Å². The fraction of sp³-hybridized carbons (Fsp3) is 0.393. The maximum absolute atomic E-state index is 12.7. The molecule has 1 atom stereocenters. The van der Waals surface area contributed by atoms with Crippen LogP contribution in [-0.4, -0.2) is 51.2 Å². The lowest BCUT2D eigenvalue weighted by Crippen LogP contribution is -2.38. The van der Waals surface area contributed by atoms with Crippen molar-refractivity contribution in [3.63, 3.8) is 0 Å². The van der Waals surface area contributed by atoms with Crippen LogP contribution in [0.5, 0.6) is 11.8 Å².